The maximum atomic E-state index is 12.5. The van der Waals surface area contributed by atoms with Crippen molar-refractivity contribution in [3.05, 3.63) is 41.0 Å². The van der Waals surface area contributed by atoms with Gasteiger partial charge >= 0.3 is 0 Å². The van der Waals surface area contributed by atoms with E-state index in [1.54, 1.807) is 18.3 Å². The predicted molar refractivity (Wildman–Crippen MR) is 106 cm³/mol. The topological polar surface area (TPSA) is 81.4 Å². The third kappa shape index (κ3) is 4.74. The second kappa shape index (κ2) is 8.79. The van der Waals surface area contributed by atoms with E-state index in [1.165, 1.54) is 4.70 Å². The number of carbonyl (C=O) groups excluding carboxylic acids is 1. The Bertz CT molecular complexity index is 897. The van der Waals surface area contributed by atoms with Crippen molar-refractivity contribution in [2.45, 2.75) is 51.7 Å². The fourth-order valence-corrected chi connectivity index (χ4v) is 4.44. The van der Waals surface area contributed by atoms with E-state index < -0.39 is 0 Å². The molecule has 148 valence electrons. The first-order valence-electron chi connectivity index (χ1n) is 9.70. The molecule has 1 aliphatic heterocycles. The highest BCUT2D eigenvalue weighted by atomic mass is 32.1. The van der Waals surface area contributed by atoms with Crippen LogP contribution in [0.2, 0.25) is 0 Å². The summed E-state index contributed by atoms with van der Waals surface area (Å²) in [6.45, 7) is 3.61. The Morgan fingerprint density at radius 1 is 1.29 bits per heavy atom. The molecular weight excluding hydrogens is 376 g/mol. The van der Waals surface area contributed by atoms with Crippen molar-refractivity contribution in [1.82, 2.24) is 20.0 Å². The minimum absolute atomic E-state index is 0.138. The van der Waals surface area contributed by atoms with Crippen LogP contribution < -0.4 is 0 Å². The van der Waals surface area contributed by atoms with Crippen LogP contribution in [0.1, 0.15) is 42.4 Å². The van der Waals surface area contributed by atoms with E-state index in [1.807, 2.05) is 23.1 Å². The first-order chi connectivity index (χ1) is 13.7. The Morgan fingerprint density at radius 3 is 2.86 bits per heavy atom. The first kappa shape index (κ1) is 19.0. The second-order valence-electron chi connectivity index (χ2n) is 7.06. The van der Waals surface area contributed by atoms with Crippen LogP contribution in [0.4, 0.5) is 0 Å². The Labute approximate surface area is 167 Å². The Hall–Kier alpha value is -2.32. The fraction of sp³-hybridized carbons (Fsp3) is 0.500. The molecule has 28 heavy (non-hydrogen) atoms. The number of benzene rings is 1. The highest BCUT2D eigenvalue weighted by Gasteiger charge is 2.23. The van der Waals surface area contributed by atoms with Crippen LogP contribution in [0.15, 0.2) is 28.8 Å². The lowest BCUT2D eigenvalue weighted by molar-refractivity contribution is -0.134. The number of thiazole rings is 1. The molecule has 0 atom stereocenters. The van der Waals surface area contributed by atoms with Crippen LogP contribution >= 0.6 is 11.3 Å². The van der Waals surface area contributed by atoms with Gasteiger partial charge in [-0.1, -0.05) is 17.3 Å². The molecule has 1 aliphatic rings. The molecule has 8 heteroatoms. The highest BCUT2D eigenvalue weighted by Crippen LogP contribution is 2.23. The van der Waals surface area contributed by atoms with Gasteiger partial charge in [-0.15, -0.1) is 11.3 Å². The highest BCUT2D eigenvalue weighted by molar-refractivity contribution is 7.18. The van der Waals surface area contributed by atoms with E-state index in [-0.39, 0.29) is 12.0 Å². The molecule has 1 fully saturated rings. The number of amides is 1. The summed E-state index contributed by atoms with van der Waals surface area (Å²) >= 11 is 1.72. The number of likely N-dealkylation sites (tertiary alicyclic amines) is 1. The number of carbonyl (C=O) groups is 1. The number of ether oxygens (including phenoxy) is 1. The van der Waals surface area contributed by atoms with E-state index in [4.69, 9.17) is 9.26 Å². The Morgan fingerprint density at radius 2 is 2.11 bits per heavy atom. The third-order valence-electron chi connectivity index (χ3n) is 4.93. The van der Waals surface area contributed by atoms with E-state index >= 15 is 0 Å². The lowest BCUT2D eigenvalue weighted by Gasteiger charge is -2.31. The molecule has 1 amide bonds. The number of para-hydroxylation sites is 1. The summed E-state index contributed by atoms with van der Waals surface area (Å²) in [5, 5.41) is 4.86. The molecule has 3 heterocycles. The molecule has 0 N–H and O–H groups in total. The lowest BCUT2D eigenvalue weighted by atomic mass is 10.1. The largest absolute Gasteiger partial charge is 0.368 e. The first-order valence-corrected chi connectivity index (χ1v) is 10.5. The van der Waals surface area contributed by atoms with Crippen molar-refractivity contribution in [1.29, 1.82) is 0 Å². The van der Waals surface area contributed by atoms with Gasteiger partial charge in [0.15, 0.2) is 5.82 Å². The lowest BCUT2D eigenvalue weighted by Crippen LogP contribution is -2.40. The molecule has 7 nitrogen and oxygen atoms in total. The summed E-state index contributed by atoms with van der Waals surface area (Å²) < 4.78 is 12.1. The molecule has 1 aromatic carbocycles. The van der Waals surface area contributed by atoms with Crippen LogP contribution in [0.3, 0.4) is 0 Å². The minimum atomic E-state index is 0.138. The number of hydrogen-bond donors (Lipinski definition) is 0. The summed E-state index contributed by atoms with van der Waals surface area (Å²) in [6, 6.07) is 8.16. The third-order valence-corrected chi connectivity index (χ3v) is 6.02. The smallest absolute Gasteiger partial charge is 0.252 e. The van der Waals surface area contributed by atoms with Gasteiger partial charge in [0.1, 0.15) is 6.61 Å². The van der Waals surface area contributed by atoms with Gasteiger partial charge in [-0.05, 0) is 44.7 Å². The second-order valence-corrected chi connectivity index (χ2v) is 8.17. The van der Waals surface area contributed by atoms with Gasteiger partial charge in [0.2, 0.25) is 5.91 Å². The minimum Gasteiger partial charge on any atom is -0.368 e. The molecule has 0 spiro atoms. The molecule has 4 rings (SSSR count). The number of fused-ring (bicyclic) bond motifs is 1. The van der Waals surface area contributed by atoms with Gasteiger partial charge in [-0.3, -0.25) is 4.79 Å². The standard InChI is InChI=1S/C20H24N4O3S/c1-14-21-18(27-23-14)13-26-15-9-11-24(12-10-15)20(25)8-4-7-19-22-16-5-2-3-6-17(16)28-19/h2-3,5-6,15H,4,7-13H2,1H3. The summed E-state index contributed by atoms with van der Waals surface area (Å²) in [5.41, 5.74) is 1.05. The fourth-order valence-electron chi connectivity index (χ4n) is 3.44. The van der Waals surface area contributed by atoms with Gasteiger partial charge < -0.3 is 14.2 Å². The van der Waals surface area contributed by atoms with Gasteiger partial charge in [-0.2, -0.15) is 4.98 Å². The van der Waals surface area contributed by atoms with Crippen LogP contribution in [0, 0.1) is 6.92 Å². The van der Waals surface area contributed by atoms with Gasteiger partial charge in [0.25, 0.3) is 5.89 Å². The molecule has 0 aliphatic carbocycles. The van der Waals surface area contributed by atoms with Crippen molar-refractivity contribution in [2.24, 2.45) is 0 Å². The quantitative estimate of drug-likeness (QED) is 0.604. The molecule has 3 aromatic rings. The predicted octanol–water partition coefficient (Wildman–Crippen LogP) is 3.52. The Kier molecular flexibility index (Phi) is 5.97. The zero-order chi connectivity index (χ0) is 19.3. The van der Waals surface area contributed by atoms with Crippen molar-refractivity contribution in [3.8, 4) is 0 Å². The molecule has 0 saturated carbocycles. The zero-order valence-corrected chi connectivity index (χ0v) is 16.8. The molecule has 0 unspecified atom stereocenters. The summed E-state index contributed by atoms with van der Waals surface area (Å²) in [7, 11) is 0. The zero-order valence-electron chi connectivity index (χ0n) is 16.0. The molecular formula is C20H24N4O3S. The van der Waals surface area contributed by atoms with Crippen molar-refractivity contribution < 1.29 is 14.1 Å². The SMILES string of the molecule is Cc1noc(COC2CCN(C(=O)CCCc3nc4ccccc4s3)CC2)n1. The molecule has 1 saturated heterocycles. The number of aromatic nitrogens is 3. The average Bonchev–Trinajstić information content (AvgIpc) is 3.32. The van der Waals surface area contributed by atoms with E-state index in [0.717, 1.165) is 49.3 Å². The van der Waals surface area contributed by atoms with E-state index in [0.29, 0.717) is 24.7 Å². The van der Waals surface area contributed by atoms with Crippen LogP contribution in [-0.2, 0) is 22.6 Å². The van der Waals surface area contributed by atoms with Crippen molar-refractivity contribution >= 4 is 27.5 Å². The maximum absolute atomic E-state index is 12.5. The van der Waals surface area contributed by atoms with Crippen LogP contribution in [0.25, 0.3) is 10.2 Å². The molecule has 2 aromatic heterocycles. The maximum Gasteiger partial charge on any atom is 0.252 e. The average molecular weight is 401 g/mol. The monoisotopic (exact) mass is 400 g/mol. The molecule has 0 bridgehead atoms. The van der Waals surface area contributed by atoms with Crippen LogP contribution in [0.5, 0.6) is 0 Å². The normalized spacial score (nSPS) is 15.4. The number of rotatable bonds is 7. The summed E-state index contributed by atoms with van der Waals surface area (Å²) in [6.07, 6.45) is 4.09. The summed E-state index contributed by atoms with van der Waals surface area (Å²) in [4.78, 5) is 23.2. The van der Waals surface area contributed by atoms with Crippen molar-refractivity contribution in [2.75, 3.05) is 13.1 Å². The molecule has 0 radical (unpaired) electrons. The van der Waals surface area contributed by atoms with Gasteiger partial charge in [0.05, 0.1) is 21.3 Å². The van der Waals surface area contributed by atoms with Crippen molar-refractivity contribution in [3.63, 3.8) is 0 Å². The van der Waals surface area contributed by atoms with Gasteiger partial charge in [0, 0.05) is 19.5 Å². The van der Waals surface area contributed by atoms with Crippen LogP contribution in [-0.4, -0.2) is 45.1 Å². The number of hydrogen-bond acceptors (Lipinski definition) is 7. The Balaban J connectivity index is 1.16. The summed E-state index contributed by atoms with van der Waals surface area (Å²) in [5.74, 6) is 1.35. The number of nitrogens with zero attached hydrogens (tertiary/aromatic N) is 4. The van der Waals surface area contributed by atoms with E-state index in [9.17, 15) is 4.79 Å². The van der Waals surface area contributed by atoms with Gasteiger partial charge in [-0.25, -0.2) is 4.98 Å². The number of piperidine rings is 1. The van der Waals surface area contributed by atoms with E-state index in [2.05, 4.69) is 21.2 Å². The number of aryl methyl sites for hydroxylation is 2.